The highest BCUT2D eigenvalue weighted by atomic mass is 32.2. The van der Waals surface area contributed by atoms with Crippen LogP contribution in [-0.2, 0) is 23.5 Å². The predicted molar refractivity (Wildman–Crippen MR) is 127 cm³/mol. The zero-order valence-electron chi connectivity index (χ0n) is 19.5. The van der Waals surface area contributed by atoms with Gasteiger partial charge in [0.05, 0.1) is 29.4 Å². The van der Waals surface area contributed by atoms with Crippen LogP contribution in [0.2, 0.25) is 0 Å². The van der Waals surface area contributed by atoms with E-state index in [1.54, 1.807) is 20.0 Å². The van der Waals surface area contributed by atoms with Crippen molar-refractivity contribution in [2.75, 3.05) is 32.8 Å². The van der Waals surface area contributed by atoms with Crippen LogP contribution in [0, 0.1) is 0 Å². The third-order valence-corrected chi connectivity index (χ3v) is 7.28. The van der Waals surface area contributed by atoms with Gasteiger partial charge in [-0.25, -0.2) is 18.1 Å². The van der Waals surface area contributed by atoms with Crippen LogP contribution in [0.3, 0.4) is 0 Å². The van der Waals surface area contributed by atoms with Crippen molar-refractivity contribution >= 4 is 21.1 Å². The first kappa shape index (κ1) is 24.3. The molecule has 184 valence electrons. The largest absolute Gasteiger partial charge is 0.493 e. The monoisotopic (exact) mass is 490 g/mol. The molecule has 11 nitrogen and oxygen atoms in total. The molecule has 0 bridgehead atoms. The molecule has 3 aromatic rings. The first-order valence-corrected chi connectivity index (χ1v) is 12.8. The smallest absolute Gasteiger partial charge is 0.277 e. The Morgan fingerprint density at radius 1 is 1.29 bits per heavy atom. The molecule has 2 aromatic heterocycles. The molecule has 0 amide bonds. The van der Waals surface area contributed by atoms with Gasteiger partial charge in [-0.15, -0.1) is 0 Å². The lowest BCUT2D eigenvalue weighted by Crippen LogP contribution is -2.59. The number of aryl methyl sites for hydroxylation is 2. The molecule has 1 fully saturated rings. The summed E-state index contributed by atoms with van der Waals surface area (Å²) in [6, 6.07) is 4.31. The summed E-state index contributed by atoms with van der Waals surface area (Å²) < 4.78 is 35.8. The number of hydrogen-bond acceptors (Lipinski definition) is 8. The average Bonchev–Trinajstić information content (AvgIpc) is 3.08. The zero-order chi connectivity index (χ0) is 24.5. The van der Waals surface area contributed by atoms with Crippen LogP contribution in [-0.4, -0.2) is 77.1 Å². The first-order valence-electron chi connectivity index (χ1n) is 11.4. The molecular weight excluding hydrogens is 460 g/mol. The fourth-order valence-electron chi connectivity index (χ4n) is 4.18. The van der Waals surface area contributed by atoms with Crippen molar-refractivity contribution in [2.45, 2.75) is 37.6 Å². The highest BCUT2D eigenvalue weighted by Crippen LogP contribution is 2.31. The van der Waals surface area contributed by atoms with Gasteiger partial charge in [0.1, 0.15) is 17.1 Å². The summed E-state index contributed by atoms with van der Waals surface area (Å²) in [7, 11) is -2.07. The second-order valence-electron chi connectivity index (χ2n) is 8.32. The average molecular weight is 491 g/mol. The van der Waals surface area contributed by atoms with E-state index in [9.17, 15) is 13.2 Å². The number of aromatic amines is 1. The SMILES string of the molecule is CCCc1nn(C)c2c(=O)[nH]c(-c3ccc(S(=O)(=O)NC4CN(CCO)C4)cc3OCC)nc12. The summed E-state index contributed by atoms with van der Waals surface area (Å²) in [6.45, 7) is 5.80. The van der Waals surface area contributed by atoms with Gasteiger partial charge in [0.15, 0.2) is 5.52 Å². The number of ether oxygens (including phenoxy) is 1. The number of benzene rings is 1. The number of fused-ring (bicyclic) bond motifs is 1. The number of likely N-dealkylation sites (tertiary alicyclic amines) is 1. The van der Waals surface area contributed by atoms with E-state index >= 15 is 0 Å². The van der Waals surface area contributed by atoms with Gasteiger partial charge in [-0.2, -0.15) is 5.10 Å². The second-order valence-corrected chi connectivity index (χ2v) is 10.0. The minimum atomic E-state index is -3.78. The summed E-state index contributed by atoms with van der Waals surface area (Å²) >= 11 is 0. The molecule has 1 aliphatic heterocycles. The van der Waals surface area contributed by atoms with Gasteiger partial charge in [-0.1, -0.05) is 13.3 Å². The van der Waals surface area contributed by atoms with Gasteiger partial charge in [-0.3, -0.25) is 14.4 Å². The topological polar surface area (TPSA) is 142 Å². The molecular formula is C22H30N6O5S. The van der Waals surface area contributed by atoms with Crippen molar-refractivity contribution in [3.05, 3.63) is 34.2 Å². The van der Waals surface area contributed by atoms with E-state index in [1.165, 1.54) is 16.8 Å². The summed E-state index contributed by atoms with van der Waals surface area (Å²) in [6.07, 6.45) is 1.55. The van der Waals surface area contributed by atoms with Gasteiger partial charge in [0, 0.05) is 38.8 Å². The molecule has 0 radical (unpaired) electrons. The van der Waals surface area contributed by atoms with E-state index in [-0.39, 0.29) is 23.1 Å². The number of aliphatic hydroxyl groups is 1. The first-order chi connectivity index (χ1) is 16.3. The third kappa shape index (κ3) is 4.71. The van der Waals surface area contributed by atoms with Crippen LogP contribution in [0.4, 0.5) is 0 Å². The Morgan fingerprint density at radius 2 is 2.06 bits per heavy atom. The molecule has 1 aromatic carbocycles. The second kappa shape index (κ2) is 9.82. The van der Waals surface area contributed by atoms with Crippen molar-refractivity contribution in [3.63, 3.8) is 0 Å². The fraction of sp³-hybridized carbons (Fsp3) is 0.500. The maximum Gasteiger partial charge on any atom is 0.277 e. The van der Waals surface area contributed by atoms with Crippen LogP contribution in [0.15, 0.2) is 27.9 Å². The molecule has 0 aliphatic carbocycles. The zero-order valence-corrected chi connectivity index (χ0v) is 20.4. The van der Waals surface area contributed by atoms with Crippen molar-refractivity contribution in [3.8, 4) is 17.1 Å². The molecule has 0 atom stereocenters. The summed E-state index contributed by atoms with van der Waals surface area (Å²) in [5, 5.41) is 13.4. The van der Waals surface area contributed by atoms with Crippen molar-refractivity contribution in [1.29, 1.82) is 0 Å². The third-order valence-electron chi connectivity index (χ3n) is 5.76. The Hall–Kier alpha value is -2.80. The highest BCUT2D eigenvalue weighted by molar-refractivity contribution is 7.89. The lowest BCUT2D eigenvalue weighted by Gasteiger charge is -2.38. The van der Waals surface area contributed by atoms with E-state index in [0.29, 0.717) is 60.8 Å². The molecule has 0 saturated carbocycles. The Bertz CT molecular complexity index is 1340. The van der Waals surface area contributed by atoms with Gasteiger partial charge >= 0.3 is 0 Å². The number of H-pyrrole nitrogens is 1. The quantitative estimate of drug-likeness (QED) is 0.376. The number of rotatable bonds is 10. The molecule has 3 heterocycles. The molecule has 1 saturated heterocycles. The number of aliphatic hydroxyl groups excluding tert-OH is 1. The minimum Gasteiger partial charge on any atom is -0.493 e. The molecule has 12 heteroatoms. The maximum atomic E-state index is 12.9. The number of β-amino-alcohol motifs (C(OH)–C–C–N with tert-alkyl or cyclic N) is 1. The molecule has 34 heavy (non-hydrogen) atoms. The lowest BCUT2D eigenvalue weighted by atomic mass is 10.1. The van der Waals surface area contributed by atoms with Crippen LogP contribution >= 0.6 is 0 Å². The van der Waals surface area contributed by atoms with Crippen molar-refractivity contribution < 1.29 is 18.3 Å². The van der Waals surface area contributed by atoms with E-state index in [1.807, 2.05) is 11.8 Å². The van der Waals surface area contributed by atoms with Crippen LogP contribution in [0.1, 0.15) is 26.0 Å². The van der Waals surface area contributed by atoms with E-state index < -0.39 is 10.0 Å². The highest BCUT2D eigenvalue weighted by Gasteiger charge is 2.31. The number of nitrogens with one attached hydrogen (secondary N) is 2. The van der Waals surface area contributed by atoms with Crippen molar-refractivity contribution in [2.24, 2.45) is 7.05 Å². The van der Waals surface area contributed by atoms with Crippen LogP contribution in [0.25, 0.3) is 22.4 Å². The number of hydrogen-bond donors (Lipinski definition) is 3. The lowest BCUT2D eigenvalue weighted by molar-refractivity contribution is 0.111. The summed E-state index contributed by atoms with van der Waals surface area (Å²) in [5.74, 6) is 0.603. The summed E-state index contributed by atoms with van der Waals surface area (Å²) in [5.41, 5.74) is 1.83. The predicted octanol–water partition coefficient (Wildman–Crippen LogP) is 0.630. The van der Waals surface area contributed by atoms with Crippen molar-refractivity contribution in [1.82, 2.24) is 29.4 Å². The Kier molecular flexibility index (Phi) is 7.03. The summed E-state index contributed by atoms with van der Waals surface area (Å²) in [4.78, 5) is 22.3. The molecule has 3 N–H and O–H groups in total. The van der Waals surface area contributed by atoms with Gasteiger partial charge in [-0.05, 0) is 25.5 Å². The van der Waals surface area contributed by atoms with Crippen LogP contribution in [0.5, 0.6) is 5.75 Å². The van der Waals surface area contributed by atoms with E-state index in [2.05, 4.69) is 19.8 Å². The van der Waals surface area contributed by atoms with E-state index in [4.69, 9.17) is 9.84 Å². The maximum absolute atomic E-state index is 12.9. The van der Waals surface area contributed by atoms with Gasteiger partial charge < -0.3 is 14.8 Å². The Morgan fingerprint density at radius 3 is 2.74 bits per heavy atom. The fourth-order valence-corrected chi connectivity index (χ4v) is 5.41. The molecule has 1 aliphatic rings. The molecule has 0 unspecified atom stereocenters. The van der Waals surface area contributed by atoms with Gasteiger partial charge in [0.25, 0.3) is 5.56 Å². The number of aromatic nitrogens is 4. The number of nitrogens with zero attached hydrogens (tertiary/aromatic N) is 4. The van der Waals surface area contributed by atoms with Crippen LogP contribution < -0.4 is 15.0 Å². The number of sulfonamides is 1. The normalized spacial score (nSPS) is 15.1. The Balaban J connectivity index is 1.69. The van der Waals surface area contributed by atoms with E-state index in [0.717, 1.165) is 12.1 Å². The standard InChI is InChI=1S/C22H30N6O5S/c1-4-6-17-19-20(27(3)25-17)22(30)24-21(23-19)16-8-7-15(11-18(16)33-5-2)34(31,32)26-14-12-28(13-14)9-10-29/h7-8,11,14,26,29H,4-6,9-10,12-13H2,1-3H3,(H,23,24,30). The molecule has 4 rings (SSSR count). The minimum absolute atomic E-state index is 0.0412. The van der Waals surface area contributed by atoms with Gasteiger partial charge in [0.2, 0.25) is 10.0 Å². The molecule has 0 spiro atoms. The Labute approximate surface area is 197 Å².